The Balaban J connectivity index is 1.11. The number of anilines is 4. The van der Waals surface area contributed by atoms with Crippen molar-refractivity contribution < 1.29 is 9.30 Å². The normalized spacial score (nSPS) is 20.7. The minimum absolute atomic E-state index is 0.200. The topological polar surface area (TPSA) is 90.8 Å². The Labute approximate surface area is 298 Å². The molecular formula is C37H48BrN8O2P. The highest BCUT2D eigenvalue weighted by Gasteiger charge is 2.41. The van der Waals surface area contributed by atoms with Crippen molar-refractivity contribution in [2.24, 2.45) is 7.05 Å². The highest BCUT2D eigenvalue weighted by atomic mass is 79.9. The summed E-state index contributed by atoms with van der Waals surface area (Å²) in [4.78, 5) is 17.2. The first-order valence-corrected chi connectivity index (χ1v) is 20.7. The molecule has 0 bridgehead atoms. The van der Waals surface area contributed by atoms with Crippen LogP contribution in [0.2, 0.25) is 0 Å². The molecular weight excluding hydrogens is 699 g/mol. The van der Waals surface area contributed by atoms with Crippen molar-refractivity contribution >= 4 is 51.5 Å². The number of hydrogen-bond acceptors (Lipinski definition) is 9. The zero-order valence-corrected chi connectivity index (χ0v) is 31.7. The third-order valence-electron chi connectivity index (χ3n) is 10.3. The SMILES string of the molecule is COc1cc(N2CCC(N3CCN(C)CC3)CC2)c(-c2ccn(C)c2)cc1Nc1ncc(Br)c(NC2CC2c2ccccc2P(C)(C)=O)n1. The minimum Gasteiger partial charge on any atom is -0.494 e. The monoisotopic (exact) mass is 746 g/mol. The third kappa shape index (κ3) is 7.55. The number of aromatic nitrogens is 3. The predicted octanol–water partition coefficient (Wildman–Crippen LogP) is 6.43. The molecule has 3 fully saturated rings. The average molecular weight is 748 g/mol. The van der Waals surface area contributed by atoms with E-state index < -0.39 is 7.14 Å². The summed E-state index contributed by atoms with van der Waals surface area (Å²) >= 11 is 3.66. The van der Waals surface area contributed by atoms with Crippen LogP contribution in [0.5, 0.6) is 5.75 Å². The van der Waals surface area contributed by atoms with Gasteiger partial charge in [-0.05, 0) is 73.3 Å². The van der Waals surface area contributed by atoms with Crippen molar-refractivity contribution in [2.45, 2.75) is 37.3 Å². The van der Waals surface area contributed by atoms with Crippen molar-refractivity contribution in [3.05, 3.63) is 71.1 Å². The molecule has 260 valence electrons. The van der Waals surface area contributed by atoms with Gasteiger partial charge in [0.2, 0.25) is 5.95 Å². The fourth-order valence-electron chi connectivity index (χ4n) is 7.46. The zero-order chi connectivity index (χ0) is 34.3. The number of benzene rings is 2. The summed E-state index contributed by atoms with van der Waals surface area (Å²) in [5.41, 5.74) is 5.48. The molecule has 2 aromatic heterocycles. The largest absolute Gasteiger partial charge is 0.494 e. The van der Waals surface area contributed by atoms with Crippen LogP contribution in [-0.2, 0) is 11.6 Å². The maximum absolute atomic E-state index is 13.0. The molecule has 12 heteroatoms. The van der Waals surface area contributed by atoms with Gasteiger partial charge in [0, 0.05) is 111 Å². The zero-order valence-electron chi connectivity index (χ0n) is 29.2. The molecule has 10 nitrogen and oxygen atoms in total. The Hall–Kier alpha value is -3.37. The van der Waals surface area contributed by atoms with Crippen LogP contribution >= 0.6 is 23.1 Å². The van der Waals surface area contributed by atoms with Gasteiger partial charge in [0.15, 0.2) is 0 Å². The molecule has 2 N–H and O–H groups in total. The maximum atomic E-state index is 13.0. The van der Waals surface area contributed by atoms with Gasteiger partial charge in [0.1, 0.15) is 18.7 Å². The van der Waals surface area contributed by atoms with Gasteiger partial charge in [0.05, 0.1) is 17.3 Å². The number of piperazine rings is 1. The number of aryl methyl sites for hydroxylation is 1. The van der Waals surface area contributed by atoms with Gasteiger partial charge in [-0.3, -0.25) is 4.90 Å². The molecule has 0 spiro atoms. The lowest BCUT2D eigenvalue weighted by Gasteiger charge is -2.43. The molecule has 3 aliphatic rings. The van der Waals surface area contributed by atoms with Gasteiger partial charge in [-0.15, -0.1) is 0 Å². The van der Waals surface area contributed by atoms with E-state index in [4.69, 9.17) is 9.72 Å². The Bertz CT molecular complexity index is 1840. The van der Waals surface area contributed by atoms with Crippen LogP contribution in [-0.4, -0.2) is 103 Å². The summed E-state index contributed by atoms with van der Waals surface area (Å²) in [7, 11) is 3.62. The Morgan fingerprint density at radius 2 is 1.76 bits per heavy atom. The van der Waals surface area contributed by atoms with Gasteiger partial charge >= 0.3 is 0 Å². The van der Waals surface area contributed by atoms with E-state index in [-0.39, 0.29) is 12.0 Å². The number of rotatable bonds is 10. The maximum Gasteiger partial charge on any atom is 0.229 e. The highest BCUT2D eigenvalue weighted by Crippen LogP contribution is 2.47. The van der Waals surface area contributed by atoms with Crippen molar-refractivity contribution in [1.82, 2.24) is 24.3 Å². The Morgan fingerprint density at radius 3 is 2.45 bits per heavy atom. The number of nitrogens with one attached hydrogen (secondary N) is 2. The van der Waals surface area contributed by atoms with Gasteiger partial charge in [-0.1, -0.05) is 24.3 Å². The molecule has 4 heterocycles. The quantitative estimate of drug-likeness (QED) is 0.178. The van der Waals surface area contributed by atoms with E-state index >= 15 is 0 Å². The summed E-state index contributed by atoms with van der Waals surface area (Å²) in [6, 6.07) is 15.5. The summed E-state index contributed by atoms with van der Waals surface area (Å²) < 4.78 is 21.9. The van der Waals surface area contributed by atoms with Gasteiger partial charge < -0.3 is 34.3 Å². The third-order valence-corrected chi connectivity index (χ3v) is 12.5. The van der Waals surface area contributed by atoms with E-state index in [1.165, 1.54) is 11.3 Å². The number of piperidine rings is 1. The number of halogens is 1. The van der Waals surface area contributed by atoms with Crippen molar-refractivity contribution in [3.8, 4) is 16.9 Å². The van der Waals surface area contributed by atoms with E-state index in [1.54, 1.807) is 13.3 Å². The van der Waals surface area contributed by atoms with Crippen LogP contribution in [0, 0.1) is 0 Å². The lowest BCUT2D eigenvalue weighted by atomic mass is 9.98. The lowest BCUT2D eigenvalue weighted by molar-refractivity contribution is 0.0982. The van der Waals surface area contributed by atoms with Crippen LogP contribution in [0.25, 0.3) is 11.1 Å². The minimum atomic E-state index is -2.38. The molecule has 2 unspecified atom stereocenters. The van der Waals surface area contributed by atoms with E-state index in [0.717, 1.165) is 96.7 Å². The second-order valence-electron chi connectivity index (χ2n) is 14.2. The fourth-order valence-corrected chi connectivity index (χ4v) is 9.08. The van der Waals surface area contributed by atoms with Crippen LogP contribution in [0.3, 0.4) is 0 Å². The molecule has 1 saturated carbocycles. The number of likely N-dealkylation sites (N-methyl/N-ethyl adjacent to an activating group) is 1. The molecule has 2 atom stereocenters. The van der Waals surface area contributed by atoms with Gasteiger partial charge in [-0.2, -0.15) is 4.98 Å². The fraction of sp³-hybridized carbons (Fsp3) is 0.459. The van der Waals surface area contributed by atoms with E-state index in [0.29, 0.717) is 12.0 Å². The molecule has 0 amide bonds. The summed E-state index contributed by atoms with van der Waals surface area (Å²) in [6.45, 7) is 10.3. The molecule has 1 aliphatic carbocycles. The van der Waals surface area contributed by atoms with Crippen LogP contribution in [0.1, 0.15) is 30.7 Å². The summed E-state index contributed by atoms with van der Waals surface area (Å²) in [5, 5.41) is 8.06. The first-order valence-electron chi connectivity index (χ1n) is 17.3. The molecule has 2 saturated heterocycles. The first kappa shape index (κ1) is 34.1. The molecule has 0 radical (unpaired) electrons. The van der Waals surface area contributed by atoms with Crippen molar-refractivity contribution in [1.29, 1.82) is 0 Å². The standard InChI is InChI=1S/C37H48BrN8O2P/c1-43-16-18-45(19-17-43)26-11-14-46(15-12-26)33-22-34(48-3)32(20-28(33)25-10-13-44(2)24-25)41-37-39-23-30(38)36(42-37)40-31-21-29(31)27-8-6-7-9-35(27)49(4,5)47/h6-10,13,20,22-24,26,29,31H,11-12,14-19,21H2,1-5H3,(H2,39,40,41,42). The number of hydrogen-bond donors (Lipinski definition) is 2. The first-order chi connectivity index (χ1) is 23.6. The number of ether oxygens (including phenoxy) is 1. The molecule has 2 aliphatic heterocycles. The Morgan fingerprint density at radius 1 is 1.00 bits per heavy atom. The van der Waals surface area contributed by atoms with Crippen LogP contribution in [0.15, 0.2) is 65.5 Å². The summed E-state index contributed by atoms with van der Waals surface area (Å²) in [5.74, 6) is 2.24. The molecule has 49 heavy (non-hydrogen) atoms. The summed E-state index contributed by atoms with van der Waals surface area (Å²) in [6.07, 6.45) is 9.32. The number of nitrogens with zero attached hydrogens (tertiary/aromatic N) is 6. The smallest absolute Gasteiger partial charge is 0.229 e. The predicted molar refractivity (Wildman–Crippen MR) is 205 cm³/mol. The Kier molecular flexibility index (Phi) is 9.81. The second kappa shape index (κ2) is 14.1. The van der Waals surface area contributed by atoms with Gasteiger partial charge in [0.25, 0.3) is 0 Å². The van der Waals surface area contributed by atoms with E-state index in [9.17, 15) is 4.57 Å². The lowest BCUT2D eigenvalue weighted by Crippen LogP contribution is -2.52. The molecule has 4 aromatic rings. The van der Waals surface area contributed by atoms with Crippen molar-refractivity contribution in [3.63, 3.8) is 0 Å². The van der Waals surface area contributed by atoms with E-state index in [2.05, 4.69) is 102 Å². The van der Waals surface area contributed by atoms with Crippen molar-refractivity contribution in [2.75, 3.05) is 82.3 Å². The van der Waals surface area contributed by atoms with Gasteiger partial charge in [-0.25, -0.2) is 4.98 Å². The second-order valence-corrected chi connectivity index (χ2v) is 18.2. The molecule has 7 rings (SSSR count). The number of methoxy groups -OCH3 is 1. The van der Waals surface area contributed by atoms with E-state index in [1.807, 2.05) is 31.5 Å². The highest BCUT2D eigenvalue weighted by molar-refractivity contribution is 9.10. The van der Waals surface area contributed by atoms with Crippen LogP contribution in [0.4, 0.5) is 23.1 Å². The average Bonchev–Trinajstić information content (AvgIpc) is 3.73. The van der Waals surface area contributed by atoms with Crippen LogP contribution < -0.4 is 25.6 Å². The molecule has 2 aromatic carbocycles.